The fourth-order valence-electron chi connectivity index (χ4n) is 2.73. The predicted octanol–water partition coefficient (Wildman–Crippen LogP) is 0.869. The van der Waals surface area contributed by atoms with Gasteiger partial charge in [-0.15, -0.1) is 0 Å². The maximum absolute atomic E-state index is 12.6. The molecule has 0 aromatic carbocycles. The van der Waals surface area contributed by atoms with Gasteiger partial charge in [-0.2, -0.15) is 5.10 Å². The van der Waals surface area contributed by atoms with Crippen LogP contribution in [-0.4, -0.2) is 43.1 Å². The molecule has 0 bridgehead atoms. The molecule has 7 nitrogen and oxygen atoms in total. The number of nitrogen functional groups attached to an aromatic ring is 1. The lowest BCUT2D eigenvalue weighted by Crippen LogP contribution is -2.39. The van der Waals surface area contributed by atoms with Crippen LogP contribution in [0.1, 0.15) is 28.9 Å². The van der Waals surface area contributed by atoms with Gasteiger partial charge in [-0.05, 0) is 25.3 Å². The van der Waals surface area contributed by atoms with Gasteiger partial charge in [0.2, 0.25) is 0 Å². The van der Waals surface area contributed by atoms with Crippen LogP contribution in [-0.2, 0) is 6.54 Å². The first kappa shape index (κ1) is 13.5. The van der Waals surface area contributed by atoms with E-state index in [4.69, 9.17) is 5.73 Å². The Morgan fingerprint density at radius 1 is 1.43 bits per heavy atom. The van der Waals surface area contributed by atoms with Gasteiger partial charge in [0.05, 0.1) is 18.8 Å². The number of carbonyl (C=O) groups is 1. The minimum atomic E-state index is -0.146. The van der Waals surface area contributed by atoms with Crippen LogP contribution in [0.2, 0.25) is 0 Å². The first-order chi connectivity index (χ1) is 10.1. The maximum atomic E-state index is 12.6. The number of hydrogen-bond donors (Lipinski definition) is 1. The summed E-state index contributed by atoms with van der Waals surface area (Å²) in [6, 6.07) is 0.123. The predicted molar refractivity (Wildman–Crippen MR) is 77.5 cm³/mol. The highest BCUT2D eigenvalue weighted by atomic mass is 16.2. The van der Waals surface area contributed by atoms with Crippen molar-refractivity contribution in [1.82, 2.24) is 24.6 Å². The van der Waals surface area contributed by atoms with Gasteiger partial charge in [0.1, 0.15) is 0 Å². The number of hydrogen-bond acceptors (Lipinski definition) is 5. The molecule has 1 aliphatic heterocycles. The Morgan fingerprint density at radius 3 is 2.95 bits per heavy atom. The highest BCUT2D eigenvalue weighted by molar-refractivity contribution is 5.96. The first-order valence-corrected chi connectivity index (χ1v) is 7.01. The van der Waals surface area contributed by atoms with Crippen molar-refractivity contribution < 1.29 is 4.79 Å². The van der Waals surface area contributed by atoms with E-state index in [0.29, 0.717) is 6.54 Å². The summed E-state index contributed by atoms with van der Waals surface area (Å²) in [7, 11) is 0. The zero-order chi connectivity index (χ0) is 14.8. The molecule has 1 aliphatic rings. The second kappa shape index (κ2) is 5.51. The number of nitrogens with zero attached hydrogens (tertiary/aromatic N) is 5. The molecule has 3 rings (SSSR count). The molecule has 0 spiro atoms. The van der Waals surface area contributed by atoms with Crippen molar-refractivity contribution >= 4 is 11.7 Å². The summed E-state index contributed by atoms with van der Waals surface area (Å²) in [5, 5.41) is 4.29. The Morgan fingerprint density at radius 2 is 2.24 bits per heavy atom. The molecular weight excluding hydrogens is 268 g/mol. The largest absolute Gasteiger partial charge is 0.382 e. The minimum absolute atomic E-state index is 0.123. The maximum Gasteiger partial charge on any atom is 0.276 e. The molecule has 7 heteroatoms. The summed E-state index contributed by atoms with van der Waals surface area (Å²) >= 11 is 0. The summed E-state index contributed by atoms with van der Waals surface area (Å²) in [4.78, 5) is 22.4. The number of carbonyl (C=O) groups excluding carboxylic acids is 1. The van der Waals surface area contributed by atoms with E-state index in [2.05, 4.69) is 15.1 Å². The summed E-state index contributed by atoms with van der Waals surface area (Å²) < 4.78 is 1.88. The van der Waals surface area contributed by atoms with Gasteiger partial charge in [-0.1, -0.05) is 0 Å². The zero-order valence-electron chi connectivity index (χ0n) is 11.9. The molecule has 1 fully saturated rings. The van der Waals surface area contributed by atoms with Gasteiger partial charge in [0, 0.05) is 25.1 Å². The third-order valence-corrected chi connectivity index (χ3v) is 3.73. The Labute approximate surface area is 122 Å². The number of anilines is 1. The molecule has 2 aromatic rings. The van der Waals surface area contributed by atoms with Crippen molar-refractivity contribution in [3.05, 3.63) is 36.0 Å². The standard InChI is InChI=1S/C14H18N6O/c1-10-7-18-19(8-10)9-11-3-2-6-20(11)14(21)12-13(15)17-5-4-16-12/h4-5,7-8,11H,2-3,6,9H2,1H3,(H2,15,17)/t11-/m0/s1. The van der Waals surface area contributed by atoms with E-state index < -0.39 is 0 Å². The molecule has 1 atom stereocenters. The van der Waals surface area contributed by atoms with Crippen molar-refractivity contribution in [1.29, 1.82) is 0 Å². The van der Waals surface area contributed by atoms with Gasteiger partial charge in [0.25, 0.3) is 5.91 Å². The fourth-order valence-corrected chi connectivity index (χ4v) is 2.73. The van der Waals surface area contributed by atoms with Crippen molar-refractivity contribution in [3.8, 4) is 0 Å². The average molecular weight is 286 g/mol. The lowest BCUT2D eigenvalue weighted by Gasteiger charge is -2.24. The van der Waals surface area contributed by atoms with E-state index in [9.17, 15) is 4.79 Å². The van der Waals surface area contributed by atoms with Crippen LogP contribution < -0.4 is 5.73 Å². The van der Waals surface area contributed by atoms with E-state index in [1.54, 1.807) is 0 Å². The van der Waals surface area contributed by atoms with Crippen molar-refractivity contribution in [2.45, 2.75) is 32.4 Å². The smallest absolute Gasteiger partial charge is 0.276 e. The Bertz CT molecular complexity index is 652. The number of likely N-dealkylation sites (tertiary alicyclic amines) is 1. The lowest BCUT2D eigenvalue weighted by molar-refractivity contribution is 0.0716. The number of rotatable bonds is 3. The van der Waals surface area contributed by atoms with Crippen LogP contribution in [0.5, 0.6) is 0 Å². The highest BCUT2D eigenvalue weighted by Gasteiger charge is 2.31. The average Bonchev–Trinajstić information content (AvgIpc) is 3.08. The van der Waals surface area contributed by atoms with E-state index in [-0.39, 0.29) is 23.5 Å². The number of aromatic nitrogens is 4. The van der Waals surface area contributed by atoms with Crippen molar-refractivity contribution in [2.75, 3.05) is 12.3 Å². The molecule has 1 amide bonds. The van der Waals surface area contributed by atoms with Gasteiger partial charge in [0.15, 0.2) is 11.5 Å². The second-order valence-electron chi connectivity index (χ2n) is 5.32. The minimum Gasteiger partial charge on any atom is -0.382 e. The molecule has 110 valence electrons. The lowest BCUT2D eigenvalue weighted by atomic mass is 10.2. The summed E-state index contributed by atoms with van der Waals surface area (Å²) in [6.07, 6.45) is 8.73. The Hall–Kier alpha value is -2.44. The van der Waals surface area contributed by atoms with E-state index in [1.807, 2.05) is 28.9 Å². The third-order valence-electron chi connectivity index (χ3n) is 3.73. The molecule has 0 aliphatic carbocycles. The molecular formula is C14H18N6O. The van der Waals surface area contributed by atoms with E-state index >= 15 is 0 Å². The van der Waals surface area contributed by atoms with Crippen LogP contribution in [0.4, 0.5) is 5.82 Å². The first-order valence-electron chi connectivity index (χ1n) is 7.01. The summed E-state index contributed by atoms with van der Waals surface area (Å²) in [5.41, 5.74) is 7.10. The summed E-state index contributed by atoms with van der Waals surface area (Å²) in [5.74, 6) is 0.0371. The van der Waals surface area contributed by atoms with Gasteiger partial charge in [-0.25, -0.2) is 9.97 Å². The van der Waals surface area contributed by atoms with Crippen LogP contribution in [0.3, 0.4) is 0 Å². The van der Waals surface area contributed by atoms with E-state index in [1.165, 1.54) is 12.4 Å². The zero-order valence-corrected chi connectivity index (χ0v) is 11.9. The molecule has 2 aromatic heterocycles. The number of nitrogens with two attached hydrogens (primary N) is 1. The SMILES string of the molecule is Cc1cnn(C[C@@H]2CCCN2C(=O)c2nccnc2N)c1. The van der Waals surface area contributed by atoms with Gasteiger partial charge < -0.3 is 10.6 Å². The van der Waals surface area contributed by atoms with E-state index in [0.717, 1.165) is 24.9 Å². The van der Waals surface area contributed by atoms with Crippen LogP contribution >= 0.6 is 0 Å². The number of aryl methyl sites for hydroxylation is 1. The van der Waals surface area contributed by atoms with Crippen molar-refractivity contribution in [3.63, 3.8) is 0 Å². The Balaban J connectivity index is 1.77. The number of amides is 1. The van der Waals surface area contributed by atoms with Crippen LogP contribution in [0, 0.1) is 6.92 Å². The van der Waals surface area contributed by atoms with Gasteiger partial charge >= 0.3 is 0 Å². The molecule has 21 heavy (non-hydrogen) atoms. The summed E-state index contributed by atoms with van der Waals surface area (Å²) in [6.45, 7) is 3.42. The second-order valence-corrected chi connectivity index (χ2v) is 5.32. The van der Waals surface area contributed by atoms with Crippen LogP contribution in [0.15, 0.2) is 24.8 Å². The third kappa shape index (κ3) is 2.72. The highest BCUT2D eigenvalue weighted by Crippen LogP contribution is 2.22. The topological polar surface area (TPSA) is 89.9 Å². The normalized spacial score (nSPS) is 18.1. The van der Waals surface area contributed by atoms with Crippen molar-refractivity contribution in [2.24, 2.45) is 0 Å². The monoisotopic (exact) mass is 286 g/mol. The molecule has 1 saturated heterocycles. The fraction of sp³-hybridized carbons (Fsp3) is 0.429. The quantitative estimate of drug-likeness (QED) is 0.904. The molecule has 0 radical (unpaired) electrons. The van der Waals surface area contributed by atoms with Gasteiger partial charge in [-0.3, -0.25) is 9.48 Å². The molecule has 0 saturated carbocycles. The molecule has 2 N–H and O–H groups in total. The Kier molecular flexibility index (Phi) is 3.55. The molecule has 0 unspecified atom stereocenters. The molecule has 3 heterocycles. The van der Waals surface area contributed by atoms with Crippen LogP contribution in [0.25, 0.3) is 0 Å².